The van der Waals surface area contributed by atoms with Crippen molar-refractivity contribution in [2.24, 2.45) is 12.8 Å². The van der Waals surface area contributed by atoms with Crippen LogP contribution >= 0.6 is 23.4 Å². The van der Waals surface area contributed by atoms with Gasteiger partial charge in [0, 0.05) is 42.4 Å². The highest BCUT2D eigenvalue weighted by Crippen LogP contribution is 2.38. The summed E-state index contributed by atoms with van der Waals surface area (Å²) in [6.45, 7) is 1.01. The van der Waals surface area contributed by atoms with Crippen LogP contribution < -0.4 is 5.73 Å². The van der Waals surface area contributed by atoms with Gasteiger partial charge in [-0.1, -0.05) is 35.5 Å². The topological polar surface area (TPSA) is 100 Å². The lowest BCUT2D eigenvalue weighted by atomic mass is 9.73. The van der Waals surface area contributed by atoms with E-state index in [0.29, 0.717) is 31.7 Å². The average Bonchev–Trinajstić information content (AvgIpc) is 3.20. The first-order valence-corrected chi connectivity index (χ1v) is 10.9. The van der Waals surface area contributed by atoms with Crippen molar-refractivity contribution in [3.05, 3.63) is 70.8 Å². The van der Waals surface area contributed by atoms with Gasteiger partial charge >= 0.3 is 0 Å². The number of amides is 1. The Bertz CT molecular complexity index is 1140. The summed E-state index contributed by atoms with van der Waals surface area (Å²) in [5, 5.41) is 4.28. The lowest BCUT2D eigenvalue weighted by Crippen LogP contribution is -2.45. The van der Waals surface area contributed by atoms with Crippen LogP contribution in [0.3, 0.4) is 0 Å². The number of carbonyl (C=O) groups is 2. The number of primary amides is 1. The van der Waals surface area contributed by atoms with Crippen LogP contribution in [0.15, 0.2) is 58.6 Å². The normalized spacial score (nSPS) is 15.5. The Morgan fingerprint density at radius 3 is 2.61 bits per heavy atom. The third kappa shape index (κ3) is 4.23. The summed E-state index contributed by atoms with van der Waals surface area (Å²) < 4.78 is 6.92. The molecule has 1 fully saturated rings. The number of hydrogen-bond acceptors (Lipinski definition) is 6. The summed E-state index contributed by atoms with van der Waals surface area (Å²) in [7, 11) is 1.69. The lowest BCUT2D eigenvalue weighted by Gasteiger charge is -2.34. The number of rotatable bonds is 6. The molecule has 0 unspecified atom stereocenters. The number of ketones is 1. The molecule has 2 N–H and O–H groups in total. The van der Waals surface area contributed by atoms with Crippen LogP contribution in [0.5, 0.6) is 0 Å². The fraction of sp³-hybridized carbons (Fsp3) is 0.273. The van der Waals surface area contributed by atoms with Crippen molar-refractivity contribution in [1.29, 1.82) is 0 Å². The molecule has 3 aromatic rings. The second-order valence-corrected chi connectivity index (χ2v) is 8.91. The van der Waals surface area contributed by atoms with Gasteiger partial charge < -0.3 is 10.5 Å². The SMILES string of the molecule is Cn1nccc1C(=O)c1ncc(Sc2cccc(C3(C(N)=O)CCOCC3)c2)cc1Cl. The number of carbonyl (C=O) groups excluding carboxylic acids is 2. The molecule has 2 aromatic heterocycles. The highest BCUT2D eigenvalue weighted by atomic mass is 35.5. The van der Waals surface area contributed by atoms with E-state index >= 15 is 0 Å². The van der Waals surface area contributed by atoms with Gasteiger partial charge in [-0.15, -0.1) is 0 Å². The van der Waals surface area contributed by atoms with Crippen molar-refractivity contribution in [3.63, 3.8) is 0 Å². The molecule has 0 spiro atoms. The number of aryl methyl sites for hydroxylation is 1. The molecule has 160 valence electrons. The average molecular weight is 457 g/mol. The summed E-state index contributed by atoms with van der Waals surface area (Å²) >= 11 is 7.83. The molecule has 7 nitrogen and oxygen atoms in total. The largest absolute Gasteiger partial charge is 0.381 e. The first-order chi connectivity index (χ1) is 14.9. The van der Waals surface area contributed by atoms with Crippen LogP contribution in [-0.2, 0) is 22.0 Å². The van der Waals surface area contributed by atoms with Crippen LogP contribution in [0.4, 0.5) is 0 Å². The predicted octanol–water partition coefficient (Wildman–Crippen LogP) is 3.38. The molecule has 1 amide bonds. The van der Waals surface area contributed by atoms with E-state index in [1.165, 1.54) is 16.4 Å². The molecule has 0 aliphatic carbocycles. The van der Waals surface area contributed by atoms with Gasteiger partial charge in [0.2, 0.25) is 11.7 Å². The van der Waals surface area contributed by atoms with Crippen molar-refractivity contribution < 1.29 is 14.3 Å². The Kier molecular flexibility index (Phi) is 6.13. The fourth-order valence-corrected chi connectivity index (χ4v) is 4.96. The molecule has 1 aromatic carbocycles. The van der Waals surface area contributed by atoms with Crippen molar-refractivity contribution in [2.45, 2.75) is 28.0 Å². The molecule has 0 saturated carbocycles. The third-order valence-corrected chi connectivity index (χ3v) is 6.76. The Hall–Kier alpha value is -2.68. The molecular weight excluding hydrogens is 436 g/mol. The van der Waals surface area contributed by atoms with Gasteiger partial charge in [0.1, 0.15) is 11.4 Å². The van der Waals surface area contributed by atoms with E-state index in [-0.39, 0.29) is 22.4 Å². The zero-order valence-electron chi connectivity index (χ0n) is 16.9. The summed E-state index contributed by atoms with van der Waals surface area (Å²) in [4.78, 5) is 31.0. The molecule has 0 bridgehead atoms. The Balaban J connectivity index is 1.58. The van der Waals surface area contributed by atoms with Crippen LogP contribution in [0.1, 0.15) is 34.6 Å². The maximum atomic E-state index is 12.7. The first-order valence-electron chi connectivity index (χ1n) is 9.75. The maximum absolute atomic E-state index is 12.7. The number of ether oxygens (including phenoxy) is 1. The molecule has 1 saturated heterocycles. The van der Waals surface area contributed by atoms with Crippen LogP contribution in [0.25, 0.3) is 0 Å². The van der Waals surface area contributed by atoms with Gasteiger partial charge in [0.15, 0.2) is 0 Å². The van der Waals surface area contributed by atoms with E-state index in [1.807, 2.05) is 24.3 Å². The molecule has 0 atom stereocenters. The maximum Gasteiger partial charge on any atom is 0.230 e. The number of halogens is 1. The standard InChI is InChI=1S/C22H21ClN4O3S/c1-27-18(5-8-26-27)20(28)19-17(23)12-16(13-25-19)31-15-4-2-3-14(11-15)22(21(24)29)6-9-30-10-7-22/h2-5,8,11-13H,6-7,9-10H2,1H3,(H2,24,29). The number of nitrogens with zero attached hydrogens (tertiary/aromatic N) is 3. The minimum Gasteiger partial charge on any atom is -0.381 e. The lowest BCUT2D eigenvalue weighted by molar-refractivity contribution is -0.127. The highest BCUT2D eigenvalue weighted by molar-refractivity contribution is 7.99. The van der Waals surface area contributed by atoms with Gasteiger partial charge in [-0.05, 0) is 42.7 Å². The molecule has 1 aliphatic rings. The Labute approximate surface area is 188 Å². The highest BCUT2D eigenvalue weighted by Gasteiger charge is 2.40. The molecule has 9 heteroatoms. The van der Waals surface area contributed by atoms with Gasteiger partial charge in [-0.25, -0.2) is 4.98 Å². The van der Waals surface area contributed by atoms with E-state index in [9.17, 15) is 9.59 Å². The number of pyridine rings is 1. The molecule has 1 aliphatic heterocycles. The first kappa shape index (κ1) is 21.5. The quantitative estimate of drug-likeness (QED) is 0.571. The second kappa shape index (κ2) is 8.82. The van der Waals surface area contributed by atoms with E-state index in [1.54, 1.807) is 31.6 Å². The van der Waals surface area contributed by atoms with Gasteiger partial charge in [0.25, 0.3) is 0 Å². The number of aromatic nitrogens is 3. The summed E-state index contributed by atoms with van der Waals surface area (Å²) in [6.07, 6.45) is 4.30. The van der Waals surface area contributed by atoms with Gasteiger partial charge in [0.05, 0.1) is 10.4 Å². The van der Waals surface area contributed by atoms with Crippen LogP contribution in [0, 0.1) is 0 Å². The molecule has 31 heavy (non-hydrogen) atoms. The minimum atomic E-state index is -0.718. The van der Waals surface area contributed by atoms with Crippen molar-refractivity contribution >= 4 is 35.1 Å². The van der Waals surface area contributed by atoms with Crippen molar-refractivity contribution in [3.8, 4) is 0 Å². The Morgan fingerprint density at radius 1 is 1.19 bits per heavy atom. The summed E-state index contributed by atoms with van der Waals surface area (Å²) in [5.41, 5.74) is 6.54. The number of hydrogen-bond donors (Lipinski definition) is 1. The van der Waals surface area contributed by atoms with Crippen LogP contribution in [-0.4, -0.2) is 39.7 Å². The summed E-state index contributed by atoms with van der Waals surface area (Å²) in [5.74, 6) is -0.618. The van der Waals surface area contributed by atoms with Crippen molar-refractivity contribution in [1.82, 2.24) is 14.8 Å². The van der Waals surface area contributed by atoms with E-state index in [0.717, 1.165) is 15.4 Å². The smallest absolute Gasteiger partial charge is 0.230 e. The number of nitrogens with two attached hydrogens (primary N) is 1. The second-order valence-electron chi connectivity index (χ2n) is 7.36. The van der Waals surface area contributed by atoms with Crippen LogP contribution in [0.2, 0.25) is 5.02 Å². The Morgan fingerprint density at radius 2 is 1.97 bits per heavy atom. The molecule has 0 radical (unpaired) electrons. The number of benzene rings is 1. The van der Waals surface area contributed by atoms with E-state index in [2.05, 4.69) is 10.1 Å². The fourth-order valence-electron chi connectivity index (χ4n) is 3.75. The van der Waals surface area contributed by atoms with Crippen molar-refractivity contribution in [2.75, 3.05) is 13.2 Å². The zero-order chi connectivity index (χ0) is 22.0. The van der Waals surface area contributed by atoms with Gasteiger partial charge in [-0.3, -0.25) is 14.3 Å². The van der Waals surface area contributed by atoms with E-state index in [4.69, 9.17) is 22.1 Å². The predicted molar refractivity (Wildman–Crippen MR) is 117 cm³/mol. The zero-order valence-corrected chi connectivity index (χ0v) is 18.4. The molecule has 4 rings (SSSR count). The monoisotopic (exact) mass is 456 g/mol. The van der Waals surface area contributed by atoms with Gasteiger partial charge in [-0.2, -0.15) is 5.10 Å². The third-order valence-electron chi connectivity index (χ3n) is 5.53. The minimum absolute atomic E-state index is 0.179. The molecule has 3 heterocycles. The molecular formula is C22H21ClN4O3S. The summed E-state index contributed by atoms with van der Waals surface area (Å²) in [6, 6.07) is 11.1. The van der Waals surface area contributed by atoms with E-state index < -0.39 is 5.41 Å².